The second-order valence-corrected chi connectivity index (χ2v) is 2.85. The highest BCUT2D eigenvalue weighted by atomic mass is 35.5. The molecular formula is C8H8ClN3O2. The van der Waals surface area contributed by atoms with Crippen LogP contribution in [0.15, 0.2) is 24.8 Å². The summed E-state index contributed by atoms with van der Waals surface area (Å²) in [5, 5.41) is 13.4. The van der Waals surface area contributed by atoms with E-state index in [0.717, 1.165) is 0 Å². The topological polar surface area (TPSA) is 68.1 Å². The largest absolute Gasteiger partial charge is 0.366 e. The molecule has 0 saturated carbocycles. The Balaban J connectivity index is 2.94. The second kappa shape index (κ2) is 4.57. The molecule has 1 aromatic rings. The van der Waals surface area contributed by atoms with Crippen molar-refractivity contribution >= 4 is 23.1 Å². The van der Waals surface area contributed by atoms with E-state index in [2.05, 4.69) is 16.9 Å². The summed E-state index contributed by atoms with van der Waals surface area (Å²) in [4.78, 5) is 13.8. The van der Waals surface area contributed by atoms with Gasteiger partial charge in [0.15, 0.2) is 0 Å². The minimum Gasteiger partial charge on any atom is -0.366 e. The molecule has 0 radical (unpaired) electrons. The number of halogens is 1. The molecule has 0 aliphatic heterocycles. The normalized spacial score (nSPS) is 9.50. The van der Waals surface area contributed by atoms with Gasteiger partial charge in [0.05, 0.1) is 17.1 Å². The van der Waals surface area contributed by atoms with Gasteiger partial charge in [0.25, 0.3) is 5.69 Å². The van der Waals surface area contributed by atoms with Crippen LogP contribution in [-0.4, -0.2) is 16.5 Å². The second-order valence-electron chi connectivity index (χ2n) is 2.46. The van der Waals surface area contributed by atoms with Crippen molar-refractivity contribution < 1.29 is 4.92 Å². The van der Waals surface area contributed by atoms with Gasteiger partial charge in [0.2, 0.25) is 0 Å². The van der Waals surface area contributed by atoms with Crippen LogP contribution >= 0.6 is 11.6 Å². The average molecular weight is 214 g/mol. The van der Waals surface area contributed by atoms with E-state index in [4.69, 9.17) is 11.6 Å². The van der Waals surface area contributed by atoms with Crippen LogP contribution in [0.5, 0.6) is 0 Å². The van der Waals surface area contributed by atoms with Gasteiger partial charge in [-0.2, -0.15) is 0 Å². The smallest absolute Gasteiger partial charge is 0.276 e. The number of nitrogens with zero attached hydrogens (tertiary/aromatic N) is 2. The Labute approximate surface area is 85.6 Å². The summed E-state index contributed by atoms with van der Waals surface area (Å²) in [5.41, 5.74) is -0.0865. The molecule has 0 saturated heterocycles. The fourth-order valence-electron chi connectivity index (χ4n) is 0.856. The molecule has 1 N–H and O–H groups in total. The third-order valence-electron chi connectivity index (χ3n) is 1.42. The molecule has 1 rings (SSSR count). The lowest BCUT2D eigenvalue weighted by Crippen LogP contribution is -2.01. The molecule has 5 nitrogen and oxygen atoms in total. The maximum atomic E-state index is 10.5. The minimum atomic E-state index is -0.521. The Bertz CT molecular complexity index is 368. The van der Waals surface area contributed by atoms with E-state index in [1.54, 1.807) is 6.08 Å². The van der Waals surface area contributed by atoms with Gasteiger partial charge in [-0.3, -0.25) is 10.1 Å². The molecule has 6 heteroatoms. The molecule has 0 unspecified atom stereocenters. The van der Waals surface area contributed by atoms with Gasteiger partial charge in [-0.05, 0) is 0 Å². The maximum absolute atomic E-state index is 10.5. The zero-order valence-electron chi connectivity index (χ0n) is 7.24. The van der Waals surface area contributed by atoms with E-state index >= 15 is 0 Å². The van der Waals surface area contributed by atoms with Crippen molar-refractivity contribution in [3.8, 4) is 0 Å². The molecule has 1 aromatic heterocycles. The molecule has 1 heterocycles. The Morgan fingerprint density at radius 2 is 2.43 bits per heavy atom. The molecule has 0 aliphatic rings. The van der Waals surface area contributed by atoms with Crippen molar-refractivity contribution in [1.82, 2.24) is 4.98 Å². The molecule has 0 aliphatic carbocycles. The molecule has 0 amide bonds. The lowest BCUT2D eigenvalue weighted by molar-refractivity contribution is -0.384. The van der Waals surface area contributed by atoms with E-state index in [1.807, 2.05) is 0 Å². The Morgan fingerprint density at radius 3 is 3.00 bits per heavy atom. The van der Waals surface area contributed by atoms with E-state index < -0.39 is 4.92 Å². The lowest BCUT2D eigenvalue weighted by atomic mass is 10.4. The molecule has 0 aromatic carbocycles. The van der Waals surface area contributed by atoms with Gasteiger partial charge in [0.1, 0.15) is 11.0 Å². The van der Waals surface area contributed by atoms with Crippen molar-refractivity contribution in [1.29, 1.82) is 0 Å². The number of nitrogens with one attached hydrogen (secondary N) is 1. The quantitative estimate of drug-likeness (QED) is 0.361. The van der Waals surface area contributed by atoms with Crippen LogP contribution in [-0.2, 0) is 0 Å². The van der Waals surface area contributed by atoms with Crippen molar-refractivity contribution in [3.05, 3.63) is 40.1 Å². The SMILES string of the molecule is C=CCNc1cc([N+](=O)[O-])cc(Cl)n1. The number of pyridine rings is 1. The molecule has 0 fully saturated rings. The Morgan fingerprint density at radius 1 is 1.71 bits per heavy atom. The number of nitro groups is 1. The highest BCUT2D eigenvalue weighted by molar-refractivity contribution is 6.29. The van der Waals surface area contributed by atoms with Gasteiger partial charge in [-0.25, -0.2) is 4.98 Å². The molecule has 0 atom stereocenters. The standard InChI is InChI=1S/C8H8ClN3O2/c1-2-3-10-8-5-6(12(13)14)4-7(9)11-8/h2,4-5H,1,3H2,(H,10,11). The number of hydrogen-bond donors (Lipinski definition) is 1. The van der Waals surface area contributed by atoms with Crippen LogP contribution in [0.4, 0.5) is 11.5 Å². The van der Waals surface area contributed by atoms with Crippen LogP contribution in [0.1, 0.15) is 0 Å². The predicted octanol–water partition coefficient (Wildman–Crippen LogP) is 2.24. The van der Waals surface area contributed by atoms with Gasteiger partial charge in [-0.15, -0.1) is 6.58 Å². The summed E-state index contributed by atoms with van der Waals surface area (Å²) >= 11 is 5.59. The first-order valence-corrected chi connectivity index (χ1v) is 4.18. The van der Waals surface area contributed by atoms with Gasteiger partial charge in [0, 0.05) is 6.54 Å². The summed E-state index contributed by atoms with van der Waals surface area (Å²) < 4.78 is 0. The summed E-state index contributed by atoms with van der Waals surface area (Å²) in [7, 11) is 0. The highest BCUT2D eigenvalue weighted by Crippen LogP contribution is 2.20. The third kappa shape index (κ3) is 2.70. The van der Waals surface area contributed by atoms with Crippen LogP contribution in [0.25, 0.3) is 0 Å². The minimum absolute atomic E-state index is 0.0865. The summed E-state index contributed by atoms with van der Waals surface area (Å²) in [5.74, 6) is 0.365. The fourth-order valence-corrected chi connectivity index (χ4v) is 1.06. The third-order valence-corrected chi connectivity index (χ3v) is 1.61. The number of hydrogen-bond acceptors (Lipinski definition) is 4. The van der Waals surface area contributed by atoms with Crippen LogP contribution in [0.2, 0.25) is 5.15 Å². The van der Waals surface area contributed by atoms with Crippen LogP contribution in [0, 0.1) is 10.1 Å². The molecular weight excluding hydrogens is 206 g/mol. The van der Waals surface area contributed by atoms with E-state index in [0.29, 0.717) is 12.4 Å². The predicted molar refractivity (Wildman–Crippen MR) is 54.6 cm³/mol. The maximum Gasteiger partial charge on any atom is 0.276 e. The van der Waals surface area contributed by atoms with Crippen molar-refractivity contribution in [2.75, 3.05) is 11.9 Å². The lowest BCUT2D eigenvalue weighted by Gasteiger charge is -2.02. The Hall–Kier alpha value is -1.62. The summed E-state index contributed by atoms with van der Waals surface area (Å²) in [6, 6.07) is 2.51. The number of anilines is 1. The highest BCUT2D eigenvalue weighted by Gasteiger charge is 2.09. The molecule has 0 spiro atoms. The average Bonchev–Trinajstić information content (AvgIpc) is 2.14. The molecule has 0 bridgehead atoms. The summed E-state index contributed by atoms with van der Waals surface area (Å²) in [6.07, 6.45) is 1.62. The molecule has 14 heavy (non-hydrogen) atoms. The zero-order chi connectivity index (χ0) is 10.6. The van der Waals surface area contributed by atoms with Gasteiger partial charge in [-0.1, -0.05) is 17.7 Å². The zero-order valence-corrected chi connectivity index (χ0v) is 7.99. The van der Waals surface area contributed by atoms with Crippen molar-refractivity contribution in [3.63, 3.8) is 0 Å². The number of rotatable bonds is 4. The van der Waals surface area contributed by atoms with E-state index in [-0.39, 0.29) is 10.8 Å². The van der Waals surface area contributed by atoms with Crippen LogP contribution < -0.4 is 5.32 Å². The van der Waals surface area contributed by atoms with Gasteiger partial charge < -0.3 is 5.32 Å². The van der Waals surface area contributed by atoms with E-state index in [9.17, 15) is 10.1 Å². The van der Waals surface area contributed by atoms with Gasteiger partial charge >= 0.3 is 0 Å². The van der Waals surface area contributed by atoms with E-state index in [1.165, 1.54) is 12.1 Å². The first-order valence-electron chi connectivity index (χ1n) is 3.80. The fraction of sp³-hybridized carbons (Fsp3) is 0.125. The summed E-state index contributed by atoms with van der Waals surface area (Å²) in [6.45, 7) is 3.98. The Kier molecular flexibility index (Phi) is 3.41. The van der Waals surface area contributed by atoms with Crippen molar-refractivity contribution in [2.45, 2.75) is 0 Å². The number of aromatic nitrogens is 1. The molecule has 74 valence electrons. The van der Waals surface area contributed by atoms with Crippen LogP contribution in [0.3, 0.4) is 0 Å². The first kappa shape index (κ1) is 10.5. The first-order chi connectivity index (χ1) is 6.63. The monoisotopic (exact) mass is 213 g/mol. The van der Waals surface area contributed by atoms with Crippen molar-refractivity contribution in [2.24, 2.45) is 0 Å².